The van der Waals surface area contributed by atoms with Gasteiger partial charge in [0.15, 0.2) is 5.96 Å². The summed E-state index contributed by atoms with van der Waals surface area (Å²) in [5.41, 5.74) is 1.90. The number of nitrogens with zero attached hydrogens (tertiary/aromatic N) is 1. The summed E-state index contributed by atoms with van der Waals surface area (Å²) in [6.07, 6.45) is 2.65. The Morgan fingerprint density at radius 3 is 2.92 bits per heavy atom. The largest absolute Gasteiger partial charge is 0.469 e. The van der Waals surface area contributed by atoms with Gasteiger partial charge >= 0.3 is 5.97 Å². The van der Waals surface area contributed by atoms with Crippen LogP contribution in [0.5, 0.6) is 0 Å². The van der Waals surface area contributed by atoms with E-state index in [-0.39, 0.29) is 17.7 Å². The van der Waals surface area contributed by atoms with Crippen molar-refractivity contribution in [3.63, 3.8) is 0 Å². The first kappa shape index (κ1) is 17.8. The molecule has 0 spiro atoms. The van der Waals surface area contributed by atoms with Crippen LogP contribution >= 0.6 is 0 Å². The highest BCUT2D eigenvalue weighted by Gasteiger charge is 2.13. The van der Waals surface area contributed by atoms with E-state index < -0.39 is 0 Å². The van der Waals surface area contributed by atoms with Crippen LogP contribution in [-0.4, -0.2) is 44.2 Å². The van der Waals surface area contributed by atoms with Crippen LogP contribution in [0.15, 0.2) is 29.4 Å². The Morgan fingerprint density at radius 1 is 1.42 bits per heavy atom. The third-order valence-corrected chi connectivity index (χ3v) is 3.82. The van der Waals surface area contributed by atoms with E-state index in [0.29, 0.717) is 19.0 Å². The number of fused-ring (bicyclic) bond motifs is 1. The van der Waals surface area contributed by atoms with Gasteiger partial charge in [0.25, 0.3) is 0 Å². The summed E-state index contributed by atoms with van der Waals surface area (Å²) in [7, 11) is 3.05. The summed E-state index contributed by atoms with van der Waals surface area (Å²) in [5, 5.41) is 7.30. The van der Waals surface area contributed by atoms with Gasteiger partial charge < -0.3 is 20.4 Å². The predicted octanol–water partition coefficient (Wildman–Crippen LogP) is 1.82. The lowest BCUT2D eigenvalue weighted by molar-refractivity contribution is -0.144. The first-order chi connectivity index (χ1) is 11.5. The Labute approximate surface area is 140 Å². The number of benzene rings is 1. The van der Waals surface area contributed by atoms with E-state index >= 15 is 0 Å². The number of ether oxygens (including phenoxy) is 1. The molecule has 1 unspecified atom stereocenters. The Kier molecular flexibility index (Phi) is 6.17. The topological polar surface area (TPSA) is 78.5 Å². The Hall–Kier alpha value is -2.57. The van der Waals surface area contributed by atoms with Crippen LogP contribution in [0.2, 0.25) is 0 Å². The molecule has 1 aromatic heterocycles. The van der Waals surface area contributed by atoms with Crippen molar-refractivity contribution in [3.8, 4) is 0 Å². The van der Waals surface area contributed by atoms with Gasteiger partial charge in [-0.1, -0.05) is 6.92 Å². The molecule has 1 atom stereocenters. The Balaban J connectivity index is 1.84. The van der Waals surface area contributed by atoms with Gasteiger partial charge in [0.2, 0.25) is 0 Å². The number of rotatable bonds is 6. The van der Waals surface area contributed by atoms with Gasteiger partial charge in [0.1, 0.15) is 5.82 Å². The van der Waals surface area contributed by atoms with E-state index in [1.165, 1.54) is 19.2 Å². The molecule has 24 heavy (non-hydrogen) atoms. The van der Waals surface area contributed by atoms with E-state index in [2.05, 4.69) is 25.3 Å². The van der Waals surface area contributed by atoms with E-state index in [1.54, 1.807) is 20.0 Å². The summed E-state index contributed by atoms with van der Waals surface area (Å²) in [6, 6.07) is 4.73. The molecule has 0 fully saturated rings. The van der Waals surface area contributed by atoms with Crippen molar-refractivity contribution in [2.45, 2.75) is 13.3 Å². The third-order valence-electron chi connectivity index (χ3n) is 3.82. The summed E-state index contributed by atoms with van der Waals surface area (Å²) in [6.45, 7) is 2.90. The SMILES string of the molecule is CN=C(NCCc1c[nH]c2cc(F)ccc12)NCC(C)C(=O)OC. The maximum atomic E-state index is 13.2. The Morgan fingerprint density at radius 2 is 2.21 bits per heavy atom. The highest BCUT2D eigenvalue weighted by atomic mass is 19.1. The summed E-state index contributed by atoms with van der Waals surface area (Å²) < 4.78 is 17.9. The molecule has 0 aliphatic carbocycles. The van der Waals surface area contributed by atoms with Crippen LogP contribution in [0.25, 0.3) is 10.9 Å². The maximum absolute atomic E-state index is 13.2. The molecule has 0 amide bonds. The first-order valence-electron chi connectivity index (χ1n) is 7.83. The number of halogens is 1. The number of esters is 1. The van der Waals surface area contributed by atoms with E-state index in [9.17, 15) is 9.18 Å². The molecule has 2 aromatic rings. The number of methoxy groups -OCH3 is 1. The lowest BCUT2D eigenvalue weighted by Crippen LogP contribution is -2.41. The number of aromatic nitrogens is 1. The summed E-state index contributed by atoms with van der Waals surface area (Å²) >= 11 is 0. The number of H-pyrrole nitrogens is 1. The van der Waals surface area contributed by atoms with E-state index in [1.807, 2.05) is 6.20 Å². The number of hydrogen-bond acceptors (Lipinski definition) is 3. The molecule has 130 valence electrons. The average Bonchev–Trinajstić information content (AvgIpc) is 2.98. The van der Waals surface area contributed by atoms with Gasteiger partial charge in [-0.2, -0.15) is 0 Å². The molecule has 0 radical (unpaired) electrons. The Bertz CT molecular complexity index is 726. The molecule has 6 nitrogen and oxygen atoms in total. The lowest BCUT2D eigenvalue weighted by Gasteiger charge is -2.14. The second kappa shape index (κ2) is 8.33. The first-order valence-corrected chi connectivity index (χ1v) is 7.83. The van der Waals surface area contributed by atoms with Crippen molar-refractivity contribution in [1.29, 1.82) is 0 Å². The molecule has 0 bridgehead atoms. The van der Waals surface area contributed by atoms with Crippen LogP contribution in [-0.2, 0) is 16.0 Å². The van der Waals surface area contributed by atoms with E-state index in [4.69, 9.17) is 0 Å². The average molecular weight is 334 g/mol. The van der Waals surface area contributed by atoms with Gasteiger partial charge in [-0.25, -0.2) is 4.39 Å². The molecule has 1 heterocycles. The molecule has 0 aliphatic heterocycles. The molecule has 0 saturated carbocycles. The van der Waals surface area contributed by atoms with Crippen molar-refractivity contribution < 1.29 is 13.9 Å². The highest BCUT2D eigenvalue weighted by molar-refractivity contribution is 5.83. The standard InChI is InChI=1S/C17H23FN4O2/c1-11(16(23)24-3)9-22-17(19-2)20-7-6-12-10-21-15-8-13(18)4-5-14(12)15/h4-5,8,10-11,21H,6-7,9H2,1-3H3,(H2,19,20,22). The number of nitrogens with one attached hydrogen (secondary N) is 3. The fourth-order valence-corrected chi connectivity index (χ4v) is 2.44. The van der Waals surface area contributed by atoms with Crippen molar-refractivity contribution in [2.24, 2.45) is 10.9 Å². The molecule has 3 N–H and O–H groups in total. The molecule has 7 heteroatoms. The van der Waals surface area contributed by atoms with Crippen LogP contribution in [0.4, 0.5) is 4.39 Å². The molecule has 2 rings (SSSR count). The highest BCUT2D eigenvalue weighted by Crippen LogP contribution is 2.19. The van der Waals surface area contributed by atoms with Gasteiger partial charge in [0, 0.05) is 37.2 Å². The van der Waals surface area contributed by atoms with Gasteiger partial charge in [0.05, 0.1) is 13.0 Å². The summed E-state index contributed by atoms with van der Waals surface area (Å²) in [4.78, 5) is 18.6. The monoisotopic (exact) mass is 334 g/mol. The third kappa shape index (κ3) is 4.47. The van der Waals surface area contributed by atoms with E-state index in [0.717, 1.165) is 22.9 Å². The minimum absolute atomic E-state index is 0.252. The zero-order chi connectivity index (χ0) is 17.5. The van der Waals surface area contributed by atoms with Crippen LogP contribution < -0.4 is 10.6 Å². The number of guanidine groups is 1. The van der Waals surface area contributed by atoms with Crippen LogP contribution in [0.3, 0.4) is 0 Å². The fraction of sp³-hybridized carbons (Fsp3) is 0.412. The summed E-state index contributed by atoms with van der Waals surface area (Å²) in [5.74, 6) is -0.143. The van der Waals surface area contributed by atoms with Gasteiger partial charge in [-0.15, -0.1) is 0 Å². The minimum atomic E-state index is -0.260. The predicted molar refractivity (Wildman–Crippen MR) is 92.5 cm³/mol. The molecule has 0 saturated heterocycles. The lowest BCUT2D eigenvalue weighted by atomic mass is 10.1. The van der Waals surface area contributed by atoms with Crippen molar-refractivity contribution in [3.05, 3.63) is 35.8 Å². The number of aliphatic imine (C=N–C) groups is 1. The van der Waals surface area contributed by atoms with Crippen molar-refractivity contribution in [1.82, 2.24) is 15.6 Å². The number of carbonyl (C=O) groups is 1. The molecule has 0 aliphatic rings. The van der Waals surface area contributed by atoms with Crippen LogP contribution in [0, 0.1) is 11.7 Å². The number of carbonyl (C=O) groups excluding carboxylic acids is 1. The molecular weight excluding hydrogens is 311 g/mol. The maximum Gasteiger partial charge on any atom is 0.310 e. The molecule has 1 aromatic carbocycles. The number of hydrogen-bond donors (Lipinski definition) is 3. The quantitative estimate of drug-likeness (QED) is 0.428. The van der Waals surface area contributed by atoms with Gasteiger partial charge in [-0.3, -0.25) is 9.79 Å². The molecular formula is C17H23FN4O2. The zero-order valence-corrected chi connectivity index (χ0v) is 14.1. The van der Waals surface area contributed by atoms with Crippen LogP contribution in [0.1, 0.15) is 12.5 Å². The fourth-order valence-electron chi connectivity index (χ4n) is 2.44. The van der Waals surface area contributed by atoms with Gasteiger partial charge in [-0.05, 0) is 30.2 Å². The zero-order valence-electron chi connectivity index (χ0n) is 14.1. The van der Waals surface area contributed by atoms with Crippen molar-refractivity contribution in [2.75, 3.05) is 27.2 Å². The second-order valence-electron chi connectivity index (χ2n) is 5.56. The van der Waals surface area contributed by atoms with Crippen molar-refractivity contribution >= 4 is 22.8 Å². The number of aromatic amines is 1. The normalized spacial score (nSPS) is 12.9. The second-order valence-corrected chi connectivity index (χ2v) is 5.56. The minimum Gasteiger partial charge on any atom is -0.469 e. The smallest absolute Gasteiger partial charge is 0.310 e.